The van der Waals surface area contributed by atoms with E-state index < -0.39 is 0 Å². The molecule has 0 aromatic heterocycles. The van der Waals surface area contributed by atoms with Crippen LogP contribution in [0.15, 0.2) is 29.5 Å². The van der Waals surface area contributed by atoms with Gasteiger partial charge in [-0.2, -0.15) is 0 Å². The maximum Gasteiger partial charge on any atom is 0.248 e. The summed E-state index contributed by atoms with van der Waals surface area (Å²) in [6, 6.07) is 0. The molecule has 0 spiro atoms. The second-order valence-electron chi connectivity index (χ2n) is 1.48. The zero-order chi connectivity index (χ0) is 6.53. The molecular formula is C6H6N2O. The molecule has 0 bridgehead atoms. The molecule has 1 amide bonds. The fourth-order valence-corrected chi connectivity index (χ4v) is 0.440. The smallest absolute Gasteiger partial charge is 0.248 e. The number of hydrogen-bond donors (Lipinski definition) is 1. The molecule has 0 atom stereocenters. The zero-order valence-corrected chi connectivity index (χ0v) is 4.74. The molecule has 0 unspecified atom stereocenters. The van der Waals surface area contributed by atoms with E-state index >= 15 is 0 Å². The molecule has 1 aliphatic rings. The first-order valence-corrected chi connectivity index (χ1v) is 2.55. The fraction of sp³-hybridized carbons (Fsp3) is 0. The highest BCUT2D eigenvalue weighted by atomic mass is 16.1. The fourth-order valence-electron chi connectivity index (χ4n) is 0.440. The lowest BCUT2D eigenvalue weighted by molar-refractivity contribution is -0.115. The molecule has 0 aromatic carbocycles. The number of rotatable bonds is 0. The summed E-state index contributed by atoms with van der Waals surface area (Å²) in [5.74, 6) is -0.127. The van der Waals surface area contributed by atoms with Crippen LogP contribution in [0.1, 0.15) is 0 Å². The Labute approximate surface area is 52.8 Å². The van der Waals surface area contributed by atoms with Crippen molar-refractivity contribution in [2.75, 3.05) is 0 Å². The number of allylic oxidation sites excluding steroid dienone is 1. The molecule has 3 nitrogen and oxygen atoms in total. The van der Waals surface area contributed by atoms with E-state index in [4.69, 9.17) is 0 Å². The van der Waals surface area contributed by atoms with E-state index in [2.05, 4.69) is 10.3 Å². The van der Waals surface area contributed by atoms with Gasteiger partial charge in [-0.05, 0) is 6.08 Å². The summed E-state index contributed by atoms with van der Waals surface area (Å²) in [7, 11) is 0. The van der Waals surface area contributed by atoms with Gasteiger partial charge in [0.2, 0.25) is 5.91 Å². The van der Waals surface area contributed by atoms with E-state index in [9.17, 15) is 4.79 Å². The van der Waals surface area contributed by atoms with Gasteiger partial charge in [0.25, 0.3) is 0 Å². The summed E-state index contributed by atoms with van der Waals surface area (Å²) in [6.45, 7) is 0. The summed E-state index contributed by atoms with van der Waals surface area (Å²) >= 11 is 0. The number of carbonyl (C=O) groups is 1. The van der Waals surface area contributed by atoms with Crippen molar-refractivity contribution in [1.29, 1.82) is 0 Å². The van der Waals surface area contributed by atoms with Crippen LogP contribution in [-0.4, -0.2) is 12.1 Å². The van der Waals surface area contributed by atoms with Crippen LogP contribution in [0.5, 0.6) is 0 Å². The van der Waals surface area contributed by atoms with E-state index in [1.165, 1.54) is 18.5 Å². The molecule has 1 heterocycles. The quantitative estimate of drug-likeness (QED) is 0.490. The van der Waals surface area contributed by atoms with Gasteiger partial charge < -0.3 is 5.32 Å². The predicted molar refractivity (Wildman–Crippen MR) is 34.9 cm³/mol. The van der Waals surface area contributed by atoms with Gasteiger partial charge in [0, 0.05) is 24.7 Å². The largest absolute Gasteiger partial charge is 0.328 e. The van der Waals surface area contributed by atoms with Crippen LogP contribution in [0, 0.1) is 0 Å². The second-order valence-corrected chi connectivity index (χ2v) is 1.48. The Morgan fingerprint density at radius 2 is 2.44 bits per heavy atom. The van der Waals surface area contributed by atoms with Gasteiger partial charge in [-0.25, -0.2) is 0 Å². The minimum Gasteiger partial charge on any atom is -0.328 e. The molecule has 0 saturated carbocycles. The van der Waals surface area contributed by atoms with Crippen molar-refractivity contribution in [2.45, 2.75) is 0 Å². The van der Waals surface area contributed by atoms with Crippen molar-refractivity contribution in [3.05, 3.63) is 24.6 Å². The van der Waals surface area contributed by atoms with Crippen LogP contribution in [-0.2, 0) is 4.79 Å². The highest BCUT2D eigenvalue weighted by Crippen LogP contribution is 1.78. The first-order valence-electron chi connectivity index (χ1n) is 2.55. The summed E-state index contributed by atoms with van der Waals surface area (Å²) in [5.41, 5.74) is 0. The van der Waals surface area contributed by atoms with Gasteiger partial charge in [0.1, 0.15) is 0 Å². The van der Waals surface area contributed by atoms with Crippen molar-refractivity contribution in [1.82, 2.24) is 5.32 Å². The van der Waals surface area contributed by atoms with Crippen LogP contribution >= 0.6 is 0 Å². The lowest BCUT2D eigenvalue weighted by Gasteiger charge is -1.91. The lowest BCUT2D eigenvalue weighted by Crippen LogP contribution is -2.13. The van der Waals surface area contributed by atoms with E-state index in [-0.39, 0.29) is 5.91 Å². The Morgan fingerprint density at radius 3 is 3.33 bits per heavy atom. The minimum atomic E-state index is -0.127. The zero-order valence-electron chi connectivity index (χ0n) is 4.74. The highest BCUT2D eigenvalue weighted by Gasteiger charge is 1.87. The predicted octanol–water partition coefficient (Wildman–Crippen LogP) is 0.214. The van der Waals surface area contributed by atoms with Gasteiger partial charge >= 0.3 is 0 Å². The Balaban J connectivity index is 2.70. The van der Waals surface area contributed by atoms with Gasteiger partial charge in [-0.1, -0.05) is 0 Å². The second kappa shape index (κ2) is 2.81. The topological polar surface area (TPSA) is 41.5 Å². The Morgan fingerprint density at radius 1 is 1.56 bits per heavy atom. The van der Waals surface area contributed by atoms with Crippen molar-refractivity contribution in [3.63, 3.8) is 0 Å². The van der Waals surface area contributed by atoms with E-state index in [1.54, 1.807) is 12.3 Å². The van der Waals surface area contributed by atoms with Crippen LogP contribution in [0.2, 0.25) is 0 Å². The Bertz CT molecular complexity index is 191. The number of aliphatic imine (C=N–C) groups is 1. The summed E-state index contributed by atoms with van der Waals surface area (Å²) < 4.78 is 0. The number of hydrogen-bond acceptors (Lipinski definition) is 2. The first kappa shape index (κ1) is 5.75. The van der Waals surface area contributed by atoms with Crippen molar-refractivity contribution >= 4 is 12.1 Å². The van der Waals surface area contributed by atoms with Gasteiger partial charge in [0.15, 0.2) is 0 Å². The molecule has 1 rings (SSSR count). The summed E-state index contributed by atoms with van der Waals surface area (Å²) in [5, 5.41) is 2.46. The van der Waals surface area contributed by atoms with E-state index in [1.807, 2.05) is 0 Å². The van der Waals surface area contributed by atoms with E-state index in [0.29, 0.717) is 0 Å². The third-order valence-corrected chi connectivity index (χ3v) is 0.806. The van der Waals surface area contributed by atoms with Crippen LogP contribution in [0.4, 0.5) is 0 Å². The standard InChI is InChI=1S/C6H6N2O/c9-6-2-1-3-7-4-5-8-6/h1-5H,(H,8,9). The number of nitrogens with zero attached hydrogens (tertiary/aromatic N) is 1. The first-order chi connectivity index (χ1) is 4.39. The third kappa shape index (κ3) is 1.90. The summed E-state index contributed by atoms with van der Waals surface area (Å²) in [4.78, 5) is 14.3. The molecule has 46 valence electrons. The van der Waals surface area contributed by atoms with Gasteiger partial charge in [-0.3, -0.25) is 9.79 Å². The van der Waals surface area contributed by atoms with E-state index in [0.717, 1.165) is 0 Å². The monoisotopic (exact) mass is 122 g/mol. The van der Waals surface area contributed by atoms with Crippen LogP contribution < -0.4 is 5.32 Å². The van der Waals surface area contributed by atoms with Crippen LogP contribution in [0.25, 0.3) is 0 Å². The van der Waals surface area contributed by atoms with Crippen molar-refractivity contribution in [2.24, 2.45) is 4.99 Å². The average Bonchev–Trinajstić information content (AvgIpc) is 1.79. The molecule has 1 N–H and O–H groups in total. The maximum absolute atomic E-state index is 10.5. The van der Waals surface area contributed by atoms with Gasteiger partial charge in [-0.15, -0.1) is 0 Å². The number of carbonyl (C=O) groups excluding carboxylic acids is 1. The van der Waals surface area contributed by atoms with Crippen molar-refractivity contribution < 1.29 is 4.79 Å². The lowest BCUT2D eigenvalue weighted by atomic mass is 10.5. The molecule has 0 radical (unpaired) electrons. The highest BCUT2D eigenvalue weighted by molar-refractivity contribution is 5.92. The molecule has 9 heavy (non-hydrogen) atoms. The minimum absolute atomic E-state index is 0.127. The normalized spacial score (nSPS) is 16.7. The number of amides is 1. The van der Waals surface area contributed by atoms with Crippen LogP contribution in [0.3, 0.4) is 0 Å². The number of nitrogens with one attached hydrogen (secondary N) is 1. The molecule has 1 aliphatic heterocycles. The molecule has 0 saturated heterocycles. The Hall–Kier alpha value is -1.38. The SMILES string of the molecule is O=C1C=CC=NC=CN1. The maximum atomic E-state index is 10.5. The molecule has 0 aliphatic carbocycles. The molecule has 3 heteroatoms. The molecule has 0 aromatic rings. The molecular weight excluding hydrogens is 116 g/mol. The summed E-state index contributed by atoms with van der Waals surface area (Å²) in [6.07, 6.45) is 7.55. The molecule has 0 fully saturated rings. The Kier molecular flexibility index (Phi) is 1.80. The third-order valence-electron chi connectivity index (χ3n) is 0.806. The van der Waals surface area contributed by atoms with Crippen molar-refractivity contribution in [3.8, 4) is 0 Å². The van der Waals surface area contributed by atoms with Gasteiger partial charge in [0.05, 0.1) is 0 Å². The average molecular weight is 122 g/mol.